The molecule has 1 saturated heterocycles. The molecule has 1 heterocycles. The third kappa shape index (κ3) is 6.07. The van der Waals surface area contributed by atoms with E-state index in [0.717, 1.165) is 49.8 Å². The molecule has 134 valence electrons. The van der Waals surface area contributed by atoms with Gasteiger partial charge in [0.2, 0.25) is 0 Å². The van der Waals surface area contributed by atoms with Crippen LogP contribution in [0.5, 0.6) is 0 Å². The van der Waals surface area contributed by atoms with Gasteiger partial charge in [0.05, 0.1) is 19.8 Å². The lowest BCUT2D eigenvalue weighted by Crippen LogP contribution is -2.56. The van der Waals surface area contributed by atoms with Crippen LogP contribution in [0.4, 0.5) is 0 Å². The Labute approximate surface area is 154 Å². The average molecular weight is 397 g/mol. The van der Waals surface area contributed by atoms with Crippen LogP contribution in [0.3, 0.4) is 0 Å². The van der Waals surface area contributed by atoms with Crippen molar-refractivity contribution < 1.29 is 4.74 Å². The highest BCUT2D eigenvalue weighted by molar-refractivity contribution is 9.10. The number of nitrogens with one attached hydrogen (secondary N) is 2. The molecule has 0 saturated carbocycles. The maximum absolute atomic E-state index is 5.45. The lowest BCUT2D eigenvalue weighted by molar-refractivity contribution is -0.00834. The van der Waals surface area contributed by atoms with Crippen LogP contribution in [0.1, 0.15) is 26.3 Å². The minimum absolute atomic E-state index is 0.0652. The quantitative estimate of drug-likeness (QED) is 0.573. The third-order valence-electron chi connectivity index (χ3n) is 4.21. The molecular formula is C18H29BrN4O. The van der Waals surface area contributed by atoms with E-state index in [1.165, 1.54) is 5.56 Å². The first-order valence-electron chi connectivity index (χ1n) is 8.60. The highest BCUT2D eigenvalue weighted by Gasteiger charge is 2.28. The molecule has 1 aromatic carbocycles. The van der Waals surface area contributed by atoms with Crippen LogP contribution in [-0.4, -0.2) is 55.8 Å². The highest BCUT2D eigenvalue weighted by Crippen LogP contribution is 2.15. The molecule has 0 unspecified atom stereocenters. The predicted octanol–water partition coefficient (Wildman–Crippen LogP) is 2.62. The number of benzene rings is 1. The molecule has 0 aliphatic carbocycles. The second-order valence-electron chi connectivity index (χ2n) is 6.59. The Bertz CT molecular complexity index is 542. The van der Waals surface area contributed by atoms with Crippen LogP contribution in [0.25, 0.3) is 0 Å². The summed E-state index contributed by atoms with van der Waals surface area (Å²) in [6.07, 6.45) is 0. The second-order valence-corrected chi connectivity index (χ2v) is 7.51. The number of aliphatic imine (C=N–C) groups is 1. The molecule has 1 aliphatic rings. The maximum atomic E-state index is 5.45. The fourth-order valence-corrected chi connectivity index (χ4v) is 3.17. The number of rotatable bonds is 6. The van der Waals surface area contributed by atoms with Crippen LogP contribution >= 0.6 is 15.9 Å². The van der Waals surface area contributed by atoms with Crippen molar-refractivity contribution in [2.45, 2.75) is 32.9 Å². The van der Waals surface area contributed by atoms with Gasteiger partial charge in [-0.2, -0.15) is 0 Å². The fourth-order valence-electron chi connectivity index (χ4n) is 2.73. The van der Waals surface area contributed by atoms with Gasteiger partial charge in [0.25, 0.3) is 0 Å². The molecule has 0 bridgehead atoms. The van der Waals surface area contributed by atoms with E-state index in [4.69, 9.17) is 9.73 Å². The number of morpholine rings is 1. The average Bonchev–Trinajstić information content (AvgIpc) is 2.58. The second kappa shape index (κ2) is 9.39. The van der Waals surface area contributed by atoms with E-state index in [1.54, 1.807) is 0 Å². The lowest BCUT2D eigenvalue weighted by Gasteiger charge is -2.41. The van der Waals surface area contributed by atoms with E-state index in [-0.39, 0.29) is 5.54 Å². The van der Waals surface area contributed by atoms with E-state index in [1.807, 2.05) is 12.1 Å². The van der Waals surface area contributed by atoms with E-state index >= 15 is 0 Å². The lowest BCUT2D eigenvalue weighted by atomic mass is 10.0. The molecule has 2 N–H and O–H groups in total. The summed E-state index contributed by atoms with van der Waals surface area (Å²) in [6, 6.07) is 8.26. The summed E-state index contributed by atoms with van der Waals surface area (Å²) in [7, 11) is 0. The molecule has 0 aromatic heterocycles. The van der Waals surface area contributed by atoms with Gasteiger partial charge < -0.3 is 15.4 Å². The normalized spacial score (nSPS) is 16.9. The molecule has 0 amide bonds. The Morgan fingerprint density at radius 2 is 2.04 bits per heavy atom. The van der Waals surface area contributed by atoms with Crippen LogP contribution in [0.2, 0.25) is 0 Å². The van der Waals surface area contributed by atoms with Crippen molar-refractivity contribution in [1.82, 2.24) is 15.5 Å². The summed E-state index contributed by atoms with van der Waals surface area (Å²) in [5.41, 5.74) is 1.25. The van der Waals surface area contributed by atoms with Crippen molar-refractivity contribution in [3.63, 3.8) is 0 Å². The SMILES string of the molecule is CCNC(=NCc1cccc(Br)c1)NCC(C)(C)N1CCOCC1. The summed E-state index contributed by atoms with van der Waals surface area (Å²) in [5, 5.41) is 6.81. The first-order valence-corrected chi connectivity index (χ1v) is 9.40. The number of halogens is 1. The summed E-state index contributed by atoms with van der Waals surface area (Å²) >= 11 is 3.51. The number of nitrogens with zero attached hydrogens (tertiary/aromatic N) is 2. The standard InChI is InChI=1S/C18H29BrN4O/c1-4-20-17(21-13-15-6-5-7-16(19)12-15)22-14-18(2,3)23-8-10-24-11-9-23/h5-7,12H,4,8-11,13-14H2,1-3H3,(H2,20,21,22). The number of hydrogen-bond donors (Lipinski definition) is 2. The van der Waals surface area contributed by atoms with Gasteiger partial charge in [-0.1, -0.05) is 28.1 Å². The van der Waals surface area contributed by atoms with Gasteiger partial charge >= 0.3 is 0 Å². The van der Waals surface area contributed by atoms with Crippen LogP contribution in [-0.2, 0) is 11.3 Å². The first kappa shape index (κ1) is 19.2. The van der Waals surface area contributed by atoms with Crippen LogP contribution < -0.4 is 10.6 Å². The van der Waals surface area contributed by atoms with Gasteiger partial charge in [-0.05, 0) is 38.5 Å². The maximum Gasteiger partial charge on any atom is 0.191 e. The monoisotopic (exact) mass is 396 g/mol. The van der Waals surface area contributed by atoms with Gasteiger partial charge in [0.1, 0.15) is 0 Å². The Balaban J connectivity index is 1.93. The van der Waals surface area contributed by atoms with E-state index in [0.29, 0.717) is 6.54 Å². The minimum Gasteiger partial charge on any atom is -0.379 e. The van der Waals surface area contributed by atoms with Crippen molar-refractivity contribution >= 4 is 21.9 Å². The zero-order valence-electron chi connectivity index (χ0n) is 14.9. The molecule has 1 aliphatic heterocycles. The van der Waals surface area contributed by atoms with Gasteiger partial charge in [0, 0.05) is 36.2 Å². The Hall–Kier alpha value is -1.11. The minimum atomic E-state index is 0.0652. The number of ether oxygens (including phenoxy) is 1. The summed E-state index contributed by atoms with van der Waals surface area (Å²) in [6.45, 7) is 12.6. The fraction of sp³-hybridized carbons (Fsp3) is 0.611. The van der Waals surface area contributed by atoms with Crippen molar-refractivity contribution in [3.8, 4) is 0 Å². The molecular weight excluding hydrogens is 368 g/mol. The summed E-state index contributed by atoms with van der Waals surface area (Å²) in [5.74, 6) is 0.860. The molecule has 0 radical (unpaired) electrons. The summed E-state index contributed by atoms with van der Waals surface area (Å²) < 4.78 is 6.54. The van der Waals surface area contributed by atoms with Gasteiger partial charge in [-0.15, -0.1) is 0 Å². The van der Waals surface area contributed by atoms with Crippen molar-refractivity contribution in [1.29, 1.82) is 0 Å². The first-order chi connectivity index (χ1) is 11.5. The van der Waals surface area contributed by atoms with E-state index < -0.39 is 0 Å². The third-order valence-corrected chi connectivity index (χ3v) is 4.70. The Morgan fingerprint density at radius 3 is 2.71 bits per heavy atom. The smallest absolute Gasteiger partial charge is 0.191 e. The molecule has 6 heteroatoms. The van der Waals surface area contributed by atoms with Gasteiger partial charge in [0.15, 0.2) is 5.96 Å². The topological polar surface area (TPSA) is 48.9 Å². The Morgan fingerprint density at radius 1 is 1.29 bits per heavy atom. The van der Waals surface area contributed by atoms with Crippen molar-refractivity contribution in [2.24, 2.45) is 4.99 Å². The molecule has 2 rings (SSSR count). The highest BCUT2D eigenvalue weighted by atomic mass is 79.9. The van der Waals surface area contributed by atoms with Gasteiger partial charge in [-0.3, -0.25) is 4.90 Å². The van der Waals surface area contributed by atoms with Crippen molar-refractivity contribution in [3.05, 3.63) is 34.3 Å². The molecule has 1 fully saturated rings. The Kier molecular flexibility index (Phi) is 7.52. The molecule has 1 aromatic rings. The largest absolute Gasteiger partial charge is 0.379 e. The van der Waals surface area contributed by atoms with Crippen LogP contribution in [0.15, 0.2) is 33.7 Å². The molecule has 5 nitrogen and oxygen atoms in total. The molecule has 24 heavy (non-hydrogen) atoms. The summed E-state index contributed by atoms with van der Waals surface area (Å²) in [4.78, 5) is 7.18. The van der Waals surface area contributed by atoms with Crippen LogP contribution in [0, 0.1) is 0 Å². The van der Waals surface area contributed by atoms with Crippen molar-refractivity contribution in [2.75, 3.05) is 39.4 Å². The molecule has 0 spiro atoms. The number of guanidine groups is 1. The number of hydrogen-bond acceptors (Lipinski definition) is 3. The van der Waals surface area contributed by atoms with E-state index in [9.17, 15) is 0 Å². The van der Waals surface area contributed by atoms with Gasteiger partial charge in [-0.25, -0.2) is 4.99 Å². The zero-order chi connectivity index (χ0) is 17.4. The zero-order valence-corrected chi connectivity index (χ0v) is 16.5. The molecule has 0 atom stereocenters. The predicted molar refractivity (Wildman–Crippen MR) is 103 cm³/mol. The van der Waals surface area contributed by atoms with E-state index in [2.05, 4.69) is 64.4 Å².